The Kier molecular flexibility index (Phi) is 5.10. The summed E-state index contributed by atoms with van der Waals surface area (Å²) < 4.78 is 1.53. The van der Waals surface area contributed by atoms with Gasteiger partial charge in [-0.25, -0.2) is 9.50 Å². The number of fused-ring (bicyclic) bond motifs is 1. The van der Waals surface area contributed by atoms with Gasteiger partial charge < -0.3 is 5.32 Å². The van der Waals surface area contributed by atoms with E-state index in [1.165, 1.54) is 17.6 Å². The number of Topliss-reactive ketones (excluding diaryl/α,β-unsaturated/α-hetero) is 1. The molecule has 1 atom stereocenters. The number of hydrogen-bond donors (Lipinski definition) is 1. The predicted molar refractivity (Wildman–Crippen MR) is 112 cm³/mol. The normalized spacial score (nSPS) is 12.0. The van der Waals surface area contributed by atoms with Gasteiger partial charge in [0.05, 0.1) is 17.3 Å². The molecular weight excluding hydrogens is 378 g/mol. The van der Waals surface area contributed by atoms with Crippen LogP contribution in [-0.4, -0.2) is 31.3 Å². The second-order valence-corrected chi connectivity index (χ2v) is 7.16. The summed E-state index contributed by atoms with van der Waals surface area (Å²) in [7, 11) is 0. The summed E-state index contributed by atoms with van der Waals surface area (Å²) >= 11 is 0. The zero-order valence-electron chi connectivity index (χ0n) is 17.0. The zero-order chi connectivity index (χ0) is 21.3. The molecule has 3 heterocycles. The lowest BCUT2D eigenvalue weighted by Crippen LogP contribution is -2.30. The summed E-state index contributed by atoms with van der Waals surface area (Å²) in [6.45, 7) is 5.28. The molecule has 0 bridgehead atoms. The Balaban J connectivity index is 1.72. The van der Waals surface area contributed by atoms with Gasteiger partial charge in [0, 0.05) is 24.7 Å². The molecule has 0 unspecified atom stereocenters. The monoisotopic (exact) mass is 399 g/mol. The summed E-state index contributed by atoms with van der Waals surface area (Å²) in [5, 5.41) is 7.48. The van der Waals surface area contributed by atoms with E-state index < -0.39 is 0 Å². The lowest BCUT2D eigenvalue weighted by atomic mass is 9.95. The van der Waals surface area contributed by atoms with Crippen LogP contribution in [0.5, 0.6) is 0 Å². The van der Waals surface area contributed by atoms with Gasteiger partial charge in [-0.15, -0.1) is 0 Å². The second kappa shape index (κ2) is 7.87. The SMILES string of the molecule is CC(=O)c1cnc2cc(C(=O)N[C@H](c3ccncc3)c3ccccc3C)nn2c1C. The van der Waals surface area contributed by atoms with Gasteiger partial charge in [-0.1, -0.05) is 24.3 Å². The number of nitrogens with one attached hydrogen (secondary N) is 1. The average molecular weight is 399 g/mol. The Labute approximate surface area is 173 Å². The number of benzene rings is 1. The van der Waals surface area contributed by atoms with E-state index in [1.807, 2.05) is 43.3 Å². The zero-order valence-corrected chi connectivity index (χ0v) is 17.0. The minimum atomic E-state index is -0.353. The van der Waals surface area contributed by atoms with Crippen LogP contribution >= 0.6 is 0 Å². The highest BCUT2D eigenvalue weighted by molar-refractivity contribution is 5.96. The fraction of sp³-hybridized carbons (Fsp3) is 0.174. The number of hydrogen-bond acceptors (Lipinski definition) is 5. The maximum Gasteiger partial charge on any atom is 0.272 e. The van der Waals surface area contributed by atoms with Crippen LogP contribution in [0.25, 0.3) is 5.65 Å². The van der Waals surface area contributed by atoms with Crippen molar-refractivity contribution in [3.63, 3.8) is 0 Å². The first kappa shape index (κ1) is 19.4. The van der Waals surface area contributed by atoms with Crippen LogP contribution in [-0.2, 0) is 0 Å². The highest BCUT2D eigenvalue weighted by Gasteiger charge is 2.22. The Morgan fingerprint density at radius 3 is 2.50 bits per heavy atom. The number of carbonyl (C=O) groups is 2. The van der Waals surface area contributed by atoms with Crippen molar-refractivity contribution in [2.24, 2.45) is 0 Å². The molecule has 0 saturated heterocycles. The van der Waals surface area contributed by atoms with E-state index in [0.29, 0.717) is 16.9 Å². The molecule has 4 rings (SSSR count). The summed E-state index contributed by atoms with van der Waals surface area (Å²) in [6.07, 6.45) is 4.92. The van der Waals surface area contributed by atoms with Crippen LogP contribution < -0.4 is 5.32 Å². The van der Waals surface area contributed by atoms with Crippen LogP contribution in [0.1, 0.15) is 56.2 Å². The Bertz CT molecular complexity index is 1250. The summed E-state index contributed by atoms with van der Waals surface area (Å²) in [4.78, 5) is 33.2. The minimum Gasteiger partial charge on any atom is -0.340 e. The lowest BCUT2D eigenvalue weighted by Gasteiger charge is -2.21. The van der Waals surface area contributed by atoms with Crippen LogP contribution in [0, 0.1) is 13.8 Å². The van der Waals surface area contributed by atoms with Gasteiger partial charge in [-0.2, -0.15) is 5.10 Å². The number of amides is 1. The number of rotatable bonds is 5. The van der Waals surface area contributed by atoms with Gasteiger partial charge in [-0.05, 0) is 49.6 Å². The first-order chi connectivity index (χ1) is 14.5. The van der Waals surface area contributed by atoms with Crippen molar-refractivity contribution >= 4 is 17.3 Å². The molecule has 1 amide bonds. The molecule has 7 nitrogen and oxygen atoms in total. The summed E-state index contributed by atoms with van der Waals surface area (Å²) in [5.41, 5.74) is 4.86. The highest BCUT2D eigenvalue weighted by atomic mass is 16.2. The molecule has 0 spiro atoms. The maximum atomic E-state index is 13.1. The third-order valence-electron chi connectivity index (χ3n) is 5.15. The maximum absolute atomic E-state index is 13.1. The molecule has 4 aromatic rings. The summed E-state index contributed by atoms with van der Waals surface area (Å²) in [6, 6.07) is 12.9. The quantitative estimate of drug-likeness (QED) is 0.519. The molecule has 0 radical (unpaired) electrons. The Hall–Kier alpha value is -3.87. The number of aromatic nitrogens is 4. The van der Waals surface area contributed by atoms with Gasteiger partial charge in [0.25, 0.3) is 5.91 Å². The largest absolute Gasteiger partial charge is 0.340 e. The van der Waals surface area contributed by atoms with Crippen molar-refractivity contribution in [1.82, 2.24) is 24.9 Å². The first-order valence-corrected chi connectivity index (χ1v) is 9.58. The molecule has 0 saturated carbocycles. The molecule has 30 heavy (non-hydrogen) atoms. The molecule has 1 aromatic carbocycles. The smallest absolute Gasteiger partial charge is 0.272 e. The fourth-order valence-electron chi connectivity index (χ4n) is 3.52. The average Bonchev–Trinajstić information content (AvgIpc) is 3.19. The van der Waals surface area contributed by atoms with Gasteiger partial charge in [0.2, 0.25) is 0 Å². The van der Waals surface area contributed by atoms with Gasteiger partial charge in [-0.3, -0.25) is 14.6 Å². The van der Waals surface area contributed by atoms with E-state index in [4.69, 9.17) is 0 Å². The molecule has 1 N–H and O–H groups in total. The molecule has 3 aromatic heterocycles. The molecule has 0 fully saturated rings. The third-order valence-corrected chi connectivity index (χ3v) is 5.15. The number of pyridine rings is 1. The molecule has 0 aliphatic carbocycles. The van der Waals surface area contributed by atoms with Crippen molar-refractivity contribution < 1.29 is 9.59 Å². The third kappa shape index (κ3) is 3.57. The number of aryl methyl sites for hydroxylation is 2. The number of ketones is 1. The first-order valence-electron chi connectivity index (χ1n) is 9.58. The van der Waals surface area contributed by atoms with Crippen LogP contribution in [0.15, 0.2) is 61.1 Å². The van der Waals surface area contributed by atoms with Crippen LogP contribution in [0.2, 0.25) is 0 Å². The molecular formula is C23H21N5O2. The standard InChI is InChI=1S/C23H21N5O2/c1-14-6-4-5-7-18(14)22(17-8-10-24-11-9-17)26-23(30)20-12-21-25-13-19(16(3)29)15(2)28(21)27-20/h4-13,22H,1-3H3,(H,26,30)/t22-/m1/s1. The van der Waals surface area contributed by atoms with Gasteiger partial charge in [0.15, 0.2) is 17.1 Å². The Morgan fingerprint density at radius 2 is 1.80 bits per heavy atom. The molecule has 7 heteroatoms. The van der Waals surface area contributed by atoms with E-state index in [9.17, 15) is 9.59 Å². The van der Waals surface area contributed by atoms with E-state index in [-0.39, 0.29) is 23.4 Å². The predicted octanol–water partition coefficient (Wildman–Crippen LogP) is 3.46. The van der Waals surface area contributed by atoms with Crippen LogP contribution in [0.4, 0.5) is 0 Å². The van der Waals surface area contributed by atoms with Gasteiger partial charge >= 0.3 is 0 Å². The number of carbonyl (C=O) groups excluding carboxylic acids is 2. The van der Waals surface area contributed by atoms with E-state index in [0.717, 1.165) is 16.7 Å². The second-order valence-electron chi connectivity index (χ2n) is 7.16. The minimum absolute atomic E-state index is 0.0966. The van der Waals surface area contributed by atoms with Crippen molar-refractivity contribution in [1.29, 1.82) is 0 Å². The molecule has 0 aliphatic heterocycles. The Morgan fingerprint density at radius 1 is 1.07 bits per heavy atom. The topological polar surface area (TPSA) is 89.2 Å². The number of nitrogens with zero attached hydrogens (tertiary/aromatic N) is 4. The lowest BCUT2D eigenvalue weighted by molar-refractivity contribution is 0.0937. The van der Waals surface area contributed by atoms with E-state index in [1.54, 1.807) is 25.4 Å². The van der Waals surface area contributed by atoms with Crippen molar-refractivity contribution in [2.75, 3.05) is 0 Å². The van der Waals surface area contributed by atoms with Crippen molar-refractivity contribution in [3.05, 3.63) is 94.7 Å². The molecule has 150 valence electrons. The van der Waals surface area contributed by atoms with Crippen molar-refractivity contribution in [2.45, 2.75) is 26.8 Å². The summed E-state index contributed by atoms with van der Waals surface area (Å²) in [5.74, 6) is -0.421. The highest BCUT2D eigenvalue weighted by Crippen LogP contribution is 2.25. The van der Waals surface area contributed by atoms with E-state index in [2.05, 4.69) is 20.4 Å². The van der Waals surface area contributed by atoms with E-state index >= 15 is 0 Å². The fourth-order valence-corrected chi connectivity index (χ4v) is 3.52. The van der Waals surface area contributed by atoms with Crippen LogP contribution in [0.3, 0.4) is 0 Å². The van der Waals surface area contributed by atoms with Crippen molar-refractivity contribution in [3.8, 4) is 0 Å². The molecule has 0 aliphatic rings. The van der Waals surface area contributed by atoms with Gasteiger partial charge in [0.1, 0.15) is 0 Å².